The number of ether oxygens (including phenoxy) is 1. The minimum absolute atomic E-state index is 0.000250. The molecule has 0 radical (unpaired) electrons. The Labute approximate surface area is 255 Å². The van der Waals surface area contributed by atoms with Crippen LogP contribution in [0.15, 0.2) is 12.2 Å². The number of esters is 1. The highest BCUT2D eigenvalue weighted by Gasteiger charge is 2.03. The van der Waals surface area contributed by atoms with Crippen LogP contribution in [0.4, 0.5) is 0 Å². The van der Waals surface area contributed by atoms with E-state index < -0.39 is 5.97 Å². The number of hydrogen-bond donors (Lipinski definition) is 1. The van der Waals surface area contributed by atoms with Gasteiger partial charge in [-0.05, 0) is 44.9 Å². The Hall–Kier alpha value is -1.32. The molecule has 0 aliphatic rings. The summed E-state index contributed by atoms with van der Waals surface area (Å²) in [6.07, 6.45) is 42.2. The molecular weight excluding hydrogens is 508 g/mol. The fourth-order valence-electron chi connectivity index (χ4n) is 5.45. The summed E-state index contributed by atoms with van der Waals surface area (Å²) in [5.41, 5.74) is 0. The molecule has 0 amide bonds. The first kappa shape index (κ1) is 39.7. The van der Waals surface area contributed by atoms with Gasteiger partial charge in [-0.2, -0.15) is 0 Å². The van der Waals surface area contributed by atoms with Crippen LogP contribution >= 0.6 is 0 Å². The van der Waals surface area contributed by atoms with Crippen LogP contribution in [0.25, 0.3) is 0 Å². The second-order valence-electron chi connectivity index (χ2n) is 12.4. The lowest BCUT2D eigenvalue weighted by molar-refractivity contribution is -0.144. The van der Waals surface area contributed by atoms with Gasteiger partial charge >= 0.3 is 11.9 Å². The predicted octanol–water partition coefficient (Wildman–Crippen LogP) is 12.3. The smallest absolute Gasteiger partial charge is 0.305 e. The van der Waals surface area contributed by atoms with Crippen LogP contribution in [0.3, 0.4) is 0 Å². The fourth-order valence-corrected chi connectivity index (χ4v) is 5.45. The number of carboxylic acid groups (broad SMARTS) is 1. The number of rotatable bonds is 34. The zero-order chi connectivity index (χ0) is 29.9. The Morgan fingerprint density at radius 1 is 0.463 bits per heavy atom. The first-order valence-corrected chi connectivity index (χ1v) is 18.2. The second-order valence-corrected chi connectivity index (χ2v) is 12.4. The third-order valence-electron chi connectivity index (χ3n) is 8.19. The van der Waals surface area contributed by atoms with Crippen LogP contribution in [0.5, 0.6) is 0 Å². The average molecular weight is 579 g/mol. The molecule has 0 heterocycles. The maximum atomic E-state index is 11.9. The van der Waals surface area contributed by atoms with Crippen LogP contribution in [-0.4, -0.2) is 23.7 Å². The maximum absolute atomic E-state index is 11.9. The molecule has 0 aliphatic carbocycles. The topological polar surface area (TPSA) is 63.6 Å². The highest BCUT2D eigenvalue weighted by atomic mass is 16.5. The first-order chi connectivity index (χ1) is 20.2. The summed E-state index contributed by atoms with van der Waals surface area (Å²) in [5.74, 6) is -0.668. The number of allylic oxidation sites excluding steroid dienone is 2. The van der Waals surface area contributed by atoms with Gasteiger partial charge in [0.1, 0.15) is 0 Å². The van der Waals surface area contributed by atoms with Crippen LogP contribution in [0, 0.1) is 0 Å². The molecule has 0 rings (SSSR count). The summed E-state index contributed by atoms with van der Waals surface area (Å²) in [6, 6.07) is 0. The minimum atomic E-state index is -0.668. The van der Waals surface area contributed by atoms with Crippen molar-refractivity contribution in [1.82, 2.24) is 0 Å². The molecule has 41 heavy (non-hydrogen) atoms. The van der Waals surface area contributed by atoms with E-state index in [1.807, 2.05) is 0 Å². The van der Waals surface area contributed by atoms with E-state index in [1.54, 1.807) is 0 Å². The zero-order valence-corrected chi connectivity index (χ0v) is 27.5. The molecule has 4 heteroatoms. The van der Waals surface area contributed by atoms with Crippen molar-refractivity contribution in [2.45, 2.75) is 206 Å². The maximum Gasteiger partial charge on any atom is 0.305 e. The van der Waals surface area contributed by atoms with Gasteiger partial charge in [0.05, 0.1) is 6.61 Å². The highest BCUT2D eigenvalue weighted by Crippen LogP contribution is 2.14. The third-order valence-corrected chi connectivity index (χ3v) is 8.19. The molecule has 0 saturated carbocycles. The van der Waals surface area contributed by atoms with Crippen molar-refractivity contribution < 1.29 is 19.4 Å². The first-order valence-electron chi connectivity index (χ1n) is 18.2. The van der Waals surface area contributed by atoms with Crippen molar-refractivity contribution in [2.75, 3.05) is 6.61 Å². The molecule has 0 unspecified atom stereocenters. The number of unbranched alkanes of at least 4 members (excludes halogenated alkanes) is 26. The van der Waals surface area contributed by atoms with Crippen molar-refractivity contribution in [2.24, 2.45) is 0 Å². The van der Waals surface area contributed by atoms with E-state index in [0.717, 1.165) is 32.1 Å². The molecule has 0 spiro atoms. The Bertz CT molecular complexity index is 571. The van der Waals surface area contributed by atoms with Gasteiger partial charge in [0, 0.05) is 12.8 Å². The summed E-state index contributed by atoms with van der Waals surface area (Å²) in [7, 11) is 0. The molecule has 0 aromatic carbocycles. The van der Waals surface area contributed by atoms with E-state index in [0.29, 0.717) is 19.4 Å². The standard InChI is InChI=1S/C37H70O4/c1-2-3-4-5-6-7-8-9-10-11-12-16-19-22-25-28-31-34-37(40)41-35-32-29-26-23-20-17-14-13-15-18-21-24-27-30-33-36(38)39/h7-8H,2-6,9-35H2,1H3,(H,38,39). The van der Waals surface area contributed by atoms with Crippen molar-refractivity contribution in [1.29, 1.82) is 0 Å². The van der Waals surface area contributed by atoms with Crippen LogP contribution in [0.2, 0.25) is 0 Å². The third kappa shape index (κ3) is 36.7. The monoisotopic (exact) mass is 579 g/mol. The van der Waals surface area contributed by atoms with Crippen molar-refractivity contribution >= 4 is 11.9 Å². The molecule has 0 aromatic heterocycles. The normalized spacial score (nSPS) is 11.4. The van der Waals surface area contributed by atoms with Gasteiger partial charge in [-0.15, -0.1) is 0 Å². The zero-order valence-electron chi connectivity index (χ0n) is 27.5. The molecule has 242 valence electrons. The predicted molar refractivity (Wildman–Crippen MR) is 177 cm³/mol. The van der Waals surface area contributed by atoms with Crippen molar-refractivity contribution in [3.63, 3.8) is 0 Å². The molecule has 4 nitrogen and oxygen atoms in total. The highest BCUT2D eigenvalue weighted by molar-refractivity contribution is 5.69. The number of carbonyl (C=O) groups is 2. The van der Waals surface area contributed by atoms with Crippen molar-refractivity contribution in [3.8, 4) is 0 Å². The minimum Gasteiger partial charge on any atom is -0.481 e. The summed E-state index contributed by atoms with van der Waals surface area (Å²) in [5, 5.41) is 8.63. The molecule has 0 bridgehead atoms. The lowest BCUT2D eigenvalue weighted by Crippen LogP contribution is -2.05. The van der Waals surface area contributed by atoms with E-state index >= 15 is 0 Å². The van der Waals surface area contributed by atoms with Gasteiger partial charge in [-0.1, -0.05) is 160 Å². The Kier molecular flexibility index (Phi) is 33.8. The van der Waals surface area contributed by atoms with Crippen LogP contribution in [-0.2, 0) is 14.3 Å². The largest absolute Gasteiger partial charge is 0.481 e. The summed E-state index contributed by atoms with van der Waals surface area (Å²) >= 11 is 0. The molecule has 0 aliphatic heterocycles. The van der Waals surface area contributed by atoms with E-state index in [-0.39, 0.29) is 5.97 Å². The van der Waals surface area contributed by atoms with Gasteiger partial charge in [-0.3, -0.25) is 9.59 Å². The van der Waals surface area contributed by atoms with Crippen molar-refractivity contribution in [3.05, 3.63) is 12.2 Å². The van der Waals surface area contributed by atoms with Gasteiger partial charge in [0.15, 0.2) is 0 Å². The average Bonchev–Trinajstić information content (AvgIpc) is 2.96. The Morgan fingerprint density at radius 2 is 0.805 bits per heavy atom. The molecule has 0 aromatic rings. The van der Waals surface area contributed by atoms with Gasteiger partial charge in [-0.25, -0.2) is 0 Å². The summed E-state index contributed by atoms with van der Waals surface area (Å²) < 4.78 is 5.43. The van der Waals surface area contributed by atoms with Gasteiger partial charge in [0.2, 0.25) is 0 Å². The number of carbonyl (C=O) groups excluding carboxylic acids is 1. The summed E-state index contributed by atoms with van der Waals surface area (Å²) in [6.45, 7) is 2.87. The number of aliphatic carboxylic acids is 1. The van der Waals surface area contributed by atoms with E-state index in [2.05, 4.69) is 19.1 Å². The number of carboxylic acids is 1. The van der Waals surface area contributed by atoms with Crippen LogP contribution < -0.4 is 0 Å². The Balaban J connectivity index is 3.18. The molecule has 0 saturated heterocycles. The van der Waals surface area contributed by atoms with Gasteiger partial charge < -0.3 is 9.84 Å². The SMILES string of the molecule is CCCCCCC=CCCCCCCCCCCCC(=O)OCCCCCCCCCCCCCCCCC(=O)O. The van der Waals surface area contributed by atoms with E-state index in [9.17, 15) is 9.59 Å². The molecule has 1 N–H and O–H groups in total. The fraction of sp³-hybridized carbons (Fsp3) is 0.892. The van der Waals surface area contributed by atoms with Crippen LogP contribution in [0.1, 0.15) is 206 Å². The molecule has 0 atom stereocenters. The lowest BCUT2D eigenvalue weighted by Gasteiger charge is -2.06. The molecule has 0 fully saturated rings. The summed E-state index contributed by atoms with van der Waals surface area (Å²) in [4.78, 5) is 22.4. The molecular formula is C37H70O4. The van der Waals surface area contributed by atoms with E-state index in [1.165, 1.54) is 154 Å². The quantitative estimate of drug-likeness (QED) is 0.0468. The lowest BCUT2D eigenvalue weighted by atomic mass is 10.0. The second kappa shape index (κ2) is 34.9. The van der Waals surface area contributed by atoms with E-state index in [4.69, 9.17) is 9.84 Å². The number of hydrogen-bond acceptors (Lipinski definition) is 3. The van der Waals surface area contributed by atoms with Gasteiger partial charge in [0.25, 0.3) is 0 Å². The Morgan fingerprint density at radius 3 is 1.22 bits per heavy atom.